The molecule has 0 aromatic heterocycles. The van der Waals surface area contributed by atoms with Crippen LogP contribution >= 0.6 is 0 Å². The van der Waals surface area contributed by atoms with E-state index in [0.29, 0.717) is 13.2 Å². The molecule has 1 aliphatic heterocycles. The molecule has 0 atom stereocenters. The summed E-state index contributed by atoms with van der Waals surface area (Å²) in [5, 5.41) is 0. The molecular formula is C21H22O2. The van der Waals surface area contributed by atoms with Crippen LogP contribution in [-0.2, 0) is 14.9 Å². The molecule has 2 aromatic carbocycles. The number of benzene rings is 2. The summed E-state index contributed by atoms with van der Waals surface area (Å²) in [7, 11) is 0. The van der Waals surface area contributed by atoms with Crippen molar-refractivity contribution in [1.29, 1.82) is 0 Å². The van der Waals surface area contributed by atoms with E-state index in [9.17, 15) is 0 Å². The molecule has 2 heteroatoms. The first-order chi connectivity index (χ1) is 11.3. The second-order valence-electron chi connectivity index (χ2n) is 6.38. The Labute approximate surface area is 137 Å². The van der Waals surface area contributed by atoms with Crippen molar-refractivity contribution in [3.05, 3.63) is 72.3 Å². The van der Waals surface area contributed by atoms with E-state index in [1.165, 1.54) is 22.3 Å². The lowest BCUT2D eigenvalue weighted by atomic mass is 9.72. The smallest absolute Gasteiger partial charge is 0.157 e. The van der Waals surface area contributed by atoms with Gasteiger partial charge in [-0.2, -0.15) is 0 Å². The van der Waals surface area contributed by atoms with Crippen molar-refractivity contribution in [2.45, 2.75) is 31.0 Å². The Kier molecular flexibility index (Phi) is 3.80. The van der Waals surface area contributed by atoms with Crippen molar-refractivity contribution in [2.24, 2.45) is 0 Å². The Balaban J connectivity index is 1.78. The molecule has 1 aliphatic carbocycles. The summed E-state index contributed by atoms with van der Waals surface area (Å²) in [6, 6.07) is 17.6. The van der Waals surface area contributed by atoms with Crippen molar-refractivity contribution in [3.8, 4) is 11.1 Å². The fourth-order valence-electron chi connectivity index (χ4n) is 4.19. The maximum absolute atomic E-state index is 5.66. The lowest BCUT2D eigenvalue weighted by Gasteiger charge is -2.32. The largest absolute Gasteiger partial charge is 0.350 e. The fourth-order valence-corrected chi connectivity index (χ4v) is 4.19. The predicted molar refractivity (Wildman–Crippen MR) is 92.4 cm³/mol. The van der Waals surface area contributed by atoms with E-state index in [0.717, 1.165) is 19.3 Å². The third-order valence-corrected chi connectivity index (χ3v) is 5.17. The Hall–Kier alpha value is -1.90. The van der Waals surface area contributed by atoms with Gasteiger partial charge in [-0.15, -0.1) is 6.58 Å². The van der Waals surface area contributed by atoms with Gasteiger partial charge in [0.05, 0.1) is 13.2 Å². The summed E-state index contributed by atoms with van der Waals surface area (Å²) < 4.78 is 11.3. The van der Waals surface area contributed by atoms with E-state index in [2.05, 4.69) is 61.2 Å². The van der Waals surface area contributed by atoms with Gasteiger partial charge in [0.25, 0.3) is 0 Å². The molecule has 1 fully saturated rings. The molecule has 2 aliphatic rings. The lowest BCUT2D eigenvalue weighted by molar-refractivity contribution is -0.0503. The van der Waals surface area contributed by atoms with Gasteiger partial charge in [0, 0.05) is 5.41 Å². The quantitative estimate of drug-likeness (QED) is 0.747. The molecular weight excluding hydrogens is 284 g/mol. The van der Waals surface area contributed by atoms with Crippen LogP contribution in [0, 0.1) is 0 Å². The van der Waals surface area contributed by atoms with E-state index in [1.54, 1.807) is 0 Å². The van der Waals surface area contributed by atoms with Crippen LogP contribution in [0.4, 0.5) is 0 Å². The average molecular weight is 306 g/mol. The highest BCUT2D eigenvalue weighted by atomic mass is 16.7. The normalized spacial score (nSPS) is 18.6. The third kappa shape index (κ3) is 2.34. The Bertz CT molecular complexity index is 668. The Morgan fingerprint density at radius 2 is 1.52 bits per heavy atom. The second-order valence-corrected chi connectivity index (χ2v) is 6.38. The van der Waals surface area contributed by atoms with Crippen molar-refractivity contribution < 1.29 is 9.47 Å². The molecule has 0 bridgehead atoms. The number of ether oxygens (including phenoxy) is 2. The highest BCUT2D eigenvalue weighted by Crippen LogP contribution is 2.53. The summed E-state index contributed by atoms with van der Waals surface area (Å²) >= 11 is 0. The summed E-state index contributed by atoms with van der Waals surface area (Å²) in [5.41, 5.74) is 5.54. The first-order valence-electron chi connectivity index (χ1n) is 8.39. The molecule has 0 unspecified atom stereocenters. The molecule has 0 spiro atoms. The maximum atomic E-state index is 5.66. The monoisotopic (exact) mass is 306 g/mol. The Morgan fingerprint density at radius 1 is 0.957 bits per heavy atom. The van der Waals surface area contributed by atoms with E-state index in [4.69, 9.17) is 9.47 Å². The van der Waals surface area contributed by atoms with Crippen molar-refractivity contribution in [2.75, 3.05) is 13.2 Å². The van der Waals surface area contributed by atoms with E-state index in [-0.39, 0.29) is 11.7 Å². The maximum Gasteiger partial charge on any atom is 0.157 e. The van der Waals surface area contributed by atoms with Crippen molar-refractivity contribution in [3.63, 3.8) is 0 Å². The predicted octanol–water partition coefficient (Wildman–Crippen LogP) is 4.68. The van der Waals surface area contributed by atoms with Gasteiger partial charge in [0.15, 0.2) is 6.29 Å². The SMILES string of the molecule is C=CCC1(CCC2OCCO2)c2ccccc2-c2ccccc21. The van der Waals surface area contributed by atoms with Crippen LogP contribution in [0.25, 0.3) is 11.1 Å². The van der Waals surface area contributed by atoms with Crippen molar-refractivity contribution in [1.82, 2.24) is 0 Å². The van der Waals surface area contributed by atoms with Crippen LogP contribution < -0.4 is 0 Å². The molecule has 0 saturated carbocycles. The van der Waals surface area contributed by atoms with E-state index >= 15 is 0 Å². The molecule has 23 heavy (non-hydrogen) atoms. The summed E-state index contributed by atoms with van der Waals surface area (Å²) in [5.74, 6) is 0. The van der Waals surface area contributed by atoms with E-state index < -0.39 is 0 Å². The van der Waals surface area contributed by atoms with Gasteiger partial charge >= 0.3 is 0 Å². The Morgan fingerprint density at radius 3 is 2.09 bits per heavy atom. The third-order valence-electron chi connectivity index (χ3n) is 5.17. The zero-order valence-electron chi connectivity index (χ0n) is 13.3. The number of fused-ring (bicyclic) bond motifs is 3. The molecule has 0 amide bonds. The van der Waals surface area contributed by atoms with Gasteiger partial charge in [-0.25, -0.2) is 0 Å². The molecule has 0 N–H and O–H groups in total. The highest BCUT2D eigenvalue weighted by molar-refractivity contribution is 5.81. The van der Waals surface area contributed by atoms with Crippen molar-refractivity contribution >= 4 is 0 Å². The number of hydrogen-bond acceptors (Lipinski definition) is 2. The fraction of sp³-hybridized carbons (Fsp3) is 0.333. The molecule has 2 aromatic rings. The molecule has 4 rings (SSSR count). The van der Waals surface area contributed by atoms with Gasteiger partial charge in [-0.1, -0.05) is 54.6 Å². The lowest BCUT2D eigenvalue weighted by Crippen LogP contribution is -2.26. The molecule has 2 nitrogen and oxygen atoms in total. The first kappa shape index (κ1) is 14.7. The second kappa shape index (κ2) is 5.95. The minimum absolute atomic E-state index is 0.00968. The highest BCUT2D eigenvalue weighted by Gasteiger charge is 2.42. The summed E-state index contributed by atoms with van der Waals surface area (Å²) in [6.07, 6.45) is 4.86. The molecule has 1 saturated heterocycles. The number of allylic oxidation sites excluding steroid dienone is 1. The van der Waals surface area contributed by atoms with Crippen LogP contribution in [-0.4, -0.2) is 19.5 Å². The van der Waals surface area contributed by atoms with Crippen LogP contribution in [0.3, 0.4) is 0 Å². The number of hydrogen-bond donors (Lipinski definition) is 0. The first-order valence-corrected chi connectivity index (χ1v) is 8.39. The van der Waals surface area contributed by atoms with Gasteiger partial charge in [-0.3, -0.25) is 0 Å². The van der Waals surface area contributed by atoms with Gasteiger partial charge in [0.1, 0.15) is 0 Å². The van der Waals surface area contributed by atoms with Crippen LogP contribution in [0.15, 0.2) is 61.2 Å². The minimum Gasteiger partial charge on any atom is -0.350 e. The minimum atomic E-state index is -0.0587. The molecule has 1 heterocycles. The number of rotatable bonds is 5. The molecule has 0 radical (unpaired) electrons. The van der Waals surface area contributed by atoms with Crippen LogP contribution in [0.2, 0.25) is 0 Å². The zero-order chi connectivity index (χ0) is 15.7. The van der Waals surface area contributed by atoms with Crippen LogP contribution in [0.1, 0.15) is 30.4 Å². The zero-order valence-corrected chi connectivity index (χ0v) is 13.3. The summed E-state index contributed by atoms with van der Waals surface area (Å²) in [4.78, 5) is 0. The topological polar surface area (TPSA) is 18.5 Å². The van der Waals surface area contributed by atoms with Gasteiger partial charge in [0.2, 0.25) is 0 Å². The van der Waals surface area contributed by atoms with Gasteiger partial charge in [-0.05, 0) is 41.5 Å². The van der Waals surface area contributed by atoms with Crippen LogP contribution in [0.5, 0.6) is 0 Å². The van der Waals surface area contributed by atoms with Gasteiger partial charge < -0.3 is 9.47 Å². The standard InChI is InChI=1S/C21H22O2/c1-2-12-21(13-11-20-22-14-15-23-20)18-9-5-3-7-16(18)17-8-4-6-10-19(17)21/h2-10,20H,1,11-15H2. The summed E-state index contributed by atoms with van der Waals surface area (Å²) in [6.45, 7) is 5.46. The average Bonchev–Trinajstić information content (AvgIpc) is 3.20. The van der Waals surface area contributed by atoms with E-state index in [1.807, 2.05) is 0 Å². The molecule has 118 valence electrons.